The molecular formula is C18H18FNO4S. The summed E-state index contributed by atoms with van der Waals surface area (Å²) in [6, 6.07) is 11.7. The molecule has 0 unspecified atom stereocenters. The molecule has 0 heterocycles. The maximum Gasteiger partial charge on any atom is 0.337 e. The van der Waals surface area contributed by atoms with Crippen LogP contribution in [0.25, 0.3) is 0 Å². The highest BCUT2D eigenvalue weighted by Gasteiger charge is 2.38. The molecule has 0 radical (unpaired) electrons. The van der Waals surface area contributed by atoms with Crippen LogP contribution < -0.4 is 0 Å². The monoisotopic (exact) mass is 363 g/mol. The Hall–Kier alpha value is -2.25. The van der Waals surface area contributed by atoms with E-state index in [2.05, 4.69) is 4.74 Å². The first-order chi connectivity index (χ1) is 11.9. The van der Waals surface area contributed by atoms with Gasteiger partial charge in [0, 0.05) is 18.2 Å². The standard InChI is InChI=1S/C18H18FNO4S/c1-24-18(21)13-6-4-7-16(11-13)25(22,23)20(15-9-10-15)12-14-5-2-3-8-17(14)19/h2-8,11,15H,9-10,12H2,1H3. The Balaban J connectivity index is 1.96. The molecule has 0 N–H and O–H groups in total. The highest BCUT2D eigenvalue weighted by atomic mass is 32.2. The zero-order chi connectivity index (χ0) is 18.0. The third-order valence-corrected chi connectivity index (χ3v) is 5.99. The number of hydrogen-bond acceptors (Lipinski definition) is 4. The fourth-order valence-corrected chi connectivity index (χ4v) is 4.31. The summed E-state index contributed by atoms with van der Waals surface area (Å²) in [5.74, 6) is -1.05. The lowest BCUT2D eigenvalue weighted by molar-refractivity contribution is 0.0600. The fourth-order valence-electron chi connectivity index (χ4n) is 2.60. The van der Waals surface area contributed by atoms with Gasteiger partial charge < -0.3 is 4.74 Å². The van der Waals surface area contributed by atoms with Gasteiger partial charge in [0.15, 0.2) is 0 Å². The molecule has 25 heavy (non-hydrogen) atoms. The zero-order valence-corrected chi connectivity index (χ0v) is 14.5. The number of hydrogen-bond donors (Lipinski definition) is 0. The molecule has 0 aromatic heterocycles. The number of methoxy groups -OCH3 is 1. The van der Waals surface area contributed by atoms with E-state index in [1.54, 1.807) is 18.2 Å². The molecule has 2 aromatic rings. The Morgan fingerprint density at radius 1 is 1.20 bits per heavy atom. The second-order valence-electron chi connectivity index (χ2n) is 5.89. The summed E-state index contributed by atoms with van der Waals surface area (Å²) < 4.78 is 46.0. The van der Waals surface area contributed by atoms with Crippen LogP contribution in [0.2, 0.25) is 0 Å². The van der Waals surface area contributed by atoms with E-state index < -0.39 is 21.8 Å². The van der Waals surface area contributed by atoms with Crippen LogP contribution >= 0.6 is 0 Å². The van der Waals surface area contributed by atoms with Gasteiger partial charge in [-0.1, -0.05) is 24.3 Å². The molecule has 0 saturated heterocycles. The summed E-state index contributed by atoms with van der Waals surface area (Å²) in [7, 11) is -2.62. The van der Waals surface area contributed by atoms with Gasteiger partial charge >= 0.3 is 5.97 Å². The molecule has 0 atom stereocenters. The second-order valence-corrected chi connectivity index (χ2v) is 7.78. The molecule has 5 nitrogen and oxygen atoms in total. The van der Waals surface area contributed by atoms with Gasteiger partial charge in [0.05, 0.1) is 17.6 Å². The average Bonchev–Trinajstić information content (AvgIpc) is 3.45. The van der Waals surface area contributed by atoms with Crippen molar-refractivity contribution < 1.29 is 22.3 Å². The third kappa shape index (κ3) is 3.72. The summed E-state index contributed by atoms with van der Waals surface area (Å²) in [6.45, 7) is -0.0396. The van der Waals surface area contributed by atoms with E-state index in [0.29, 0.717) is 5.56 Å². The van der Waals surface area contributed by atoms with Gasteiger partial charge in [0.1, 0.15) is 5.82 Å². The molecule has 0 amide bonds. The topological polar surface area (TPSA) is 63.7 Å². The maximum absolute atomic E-state index is 14.0. The van der Waals surface area contributed by atoms with Gasteiger partial charge in [-0.25, -0.2) is 17.6 Å². The van der Waals surface area contributed by atoms with E-state index in [4.69, 9.17) is 0 Å². The molecular weight excluding hydrogens is 345 g/mol. The molecule has 2 aromatic carbocycles. The van der Waals surface area contributed by atoms with Gasteiger partial charge in [-0.15, -0.1) is 0 Å². The van der Waals surface area contributed by atoms with E-state index >= 15 is 0 Å². The van der Waals surface area contributed by atoms with Crippen molar-refractivity contribution in [1.82, 2.24) is 4.31 Å². The van der Waals surface area contributed by atoms with Crippen molar-refractivity contribution in [3.63, 3.8) is 0 Å². The molecule has 0 bridgehead atoms. The van der Waals surface area contributed by atoms with Crippen LogP contribution in [0.15, 0.2) is 53.4 Å². The molecule has 1 aliphatic carbocycles. The molecule has 7 heteroatoms. The van der Waals surface area contributed by atoms with Crippen molar-refractivity contribution >= 4 is 16.0 Å². The minimum absolute atomic E-state index is 0.00126. The molecule has 0 spiro atoms. The highest BCUT2D eigenvalue weighted by Crippen LogP contribution is 2.34. The van der Waals surface area contributed by atoms with E-state index in [1.165, 1.54) is 41.7 Å². The second kappa shape index (κ2) is 6.93. The number of rotatable bonds is 6. The SMILES string of the molecule is COC(=O)c1cccc(S(=O)(=O)N(Cc2ccccc2F)C2CC2)c1. The number of carbonyl (C=O) groups is 1. The first-order valence-corrected chi connectivity index (χ1v) is 9.31. The van der Waals surface area contributed by atoms with Gasteiger partial charge in [-0.05, 0) is 37.1 Å². The van der Waals surface area contributed by atoms with Crippen molar-refractivity contribution in [3.8, 4) is 0 Å². The van der Waals surface area contributed by atoms with Crippen molar-refractivity contribution in [1.29, 1.82) is 0 Å². The summed E-state index contributed by atoms with van der Waals surface area (Å²) >= 11 is 0. The van der Waals surface area contributed by atoms with Gasteiger partial charge in [0.25, 0.3) is 0 Å². The van der Waals surface area contributed by atoms with Crippen molar-refractivity contribution in [2.75, 3.05) is 7.11 Å². The van der Waals surface area contributed by atoms with Crippen molar-refractivity contribution in [3.05, 3.63) is 65.5 Å². The summed E-state index contributed by atoms with van der Waals surface area (Å²) in [5.41, 5.74) is 0.479. The van der Waals surface area contributed by atoms with Crippen LogP contribution in [-0.4, -0.2) is 31.8 Å². The Morgan fingerprint density at radius 3 is 2.56 bits per heavy atom. The molecule has 1 aliphatic rings. The Bertz CT molecular complexity index is 893. The number of halogens is 1. The van der Waals surface area contributed by atoms with Gasteiger partial charge in [0.2, 0.25) is 10.0 Å². The normalized spacial score (nSPS) is 14.5. The number of sulfonamides is 1. The van der Waals surface area contributed by atoms with Crippen molar-refractivity contribution in [2.45, 2.75) is 30.3 Å². The molecule has 3 rings (SSSR count). The summed E-state index contributed by atoms with van der Waals surface area (Å²) in [4.78, 5) is 11.7. The first-order valence-electron chi connectivity index (χ1n) is 7.87. The minimum atomic E-state index is -3.86. The molecule has 1 saturated carbocycles. The van der Waals surface area contributed by atoms with E-state index in [-0.39, 0.29) is 23.0 Å². The highest BCUT2D eigenvalue weighted by molar-refractivity contribution is 7.89. The van der Waals surface area contributed by atoms with E-state index in [1.807, 2.05) is 0 Å². The number of carbonyl (C=O) groups excluding carboxylic acids is 1. The van der Waals surface area contributed by atoms with Gasteiger partial charge in [-0.3, -0.25) is 0 Å². The smallest absolute Gasteiger partial charge is 0.337 e. The van der Waals surface area contributed by atoms with Gasteiger partial charge in [-0.2, -0.15) is 4.31 Å². The van der Waals surface area contributed by atoms with Crippen LogP contribution in [0.3, 0.4) is 0 Å². The van der Waals surface area contributed by atoms with E-state index in [9.17, 15) is 17.6 Å². The molecule has 0 aliphatic heterocycles. The van der Waals surface area contributed by atoms with Crippen LogP contribution in [0, 0.1) is 5.82 Å². The third-order valence-electron chi connectivity index (χ3n) is 4.10. The van der Waals surface area contributed by atoms with Crippen LogP contribution in [0.1, 0.15) is 28.8 Å². The van der Waals surface area contributed by atoms with Crippen LogP contribution in [0.5, 0.6) is 0 Å². The molecule has 132 valence electrons. The number of nitrogens with zero attached hydrogens (tertiary/aromatic N) is 1. The predicted molar refractivity (Wildman–Crippen MR) is 89.9 cm³/mol. The lowest BCUT2D eigenvalue weighted by Crippen LogP contribution is -2.33. The number of ether oxygens (including phenoxy) is 1. The molecule has 1 fully saturated rings. The first kappa shape index (κ1) is 17.6. The fraction of sp³-hybridized carbons (Fsp3) is 0.278. The van der Waals surface area contributed by atoms with Crippen LogP contribution in [-0.2, 0) is 21.3 Å². The average molecular weight is 363 g/mol. The lowest BCUT2D eigenvalue weighted by atomic mass is 10.2. The van der Waals surface area contributed by atoms with Crippen molar-refractivity contribution in [2.24, 2.45) is 0 Å². The predicted octanol–water partition coefficient (Wildman–Crippen LogP) is 2.97. The minimum Gasteiger partial charge on any atom is -0.465 e. The largest absolute Gasteiger partial charge is 0.465 e. The van der Waals surface area contributed by atoms with Crippen LogP contribution in [0.4, 0.5) is 4.39 Å². The maximum atomic E-state index is 14.0. The Labute approximate surface area is 146 Å². The Kier molecular flexibility index (Phi) is 4.87. The summed E-state index contributed by atoms with van der Waals surface area (Å²) in [6.07, 6.45) is 1.48. The summed E-state index contributed by atoms with van der Waals surface area (Å²) in [5, 5.41) is 0. The number of esters is 1. The lowest BCUT2D eigenvalue weighted by Gasteiger charge is -2.22. The quantitative estimate of drug-likeness (QED) is 0.740. The Morgan fingerprint density at radius 2 is 1.92 bits per heavy atom. The number of benzene rings is 2. The van der Waals surface area contributed by atoms with E-state index in [0.717, 1.165) is 12.8 Å². The zero-order valence-electron chi connectivity index (χ0n) is 13.7.